The lowest BCUT2D eigenvalue weighted by molar-refractivity contribution is 0.0519. The molecular weight excluding hydrogens is 444 g/mol. The third-order valence-electron chi connectivity index (χ3n) is 6.63. The first-order valence-electron chi connectivity index (χ1n) is 11.9. The van der Waals surface area contributed by atoms with E-state index in [1.807, 2.05) is 62.1 Å². The van der Waals surface area contributed by atoms with E-state index in [0.717, 1.165) is 27.6 Å². The van der Waals surface area contributed by atoms with Crippen molar-refractivity contribution in [1.29, 1.82) is 0 Å². The van der Waals surface area contributed by atoms with E-state index in [4.69, 9.17) is 14.1 Å². The van der Waals surface area contributed by atoms with Crippen molar-refractivity contribution in [3.8, 4) is 0 Å². The van der Waals surface area contributed by atoms with Crippen molar-refractivity contribution in [3.05, 3.63) is 64.5 Å². The first-order valence-corrected chi connectivity index (χ1v) is 11.9. The summed E-state index contributed by atoms with van der Waals surface area (Å²) in [6.45, 7) is 9.96. The second-order valence-corrected chi connectivity index (χ2v) is 8.87. The van der Waals surface area contributed by atoms with Gasteiger partial charge in [0.05, 0.1) is 17.6 Å². The van der Waals surface area contributed by atoms with Crippen LogP contribution in [0, 0.1) is 20.8 Å². The van der Waals surface area contributed by atoms with E-state index in [0.29, 0.717) is 48.9 Å². The molecule has 1 aliphatic heterocycles. The summed E-state index contributed by atoms with van der Waals surface area (Å²) in [5.74, 6) is 0.251. The summed E-state index contributed by atoms with van der Waals surface area (Å²) in [7, 11) is 0. The summed E-state index contributed by atoms with van der Waals surface area (Å²) in [6, 6.07) is 11.6. The van der Waals surface area contributed by atoms with Crippen LogP contribution >= 0.6 is 0 Å². The summed E-state index contributed by atoms with van der Waals surface area (Å²) in [6.07, 6.45) is 0. The molecule has 0 spiro atoms. The monoisotopic (exact) mass is 472 g/mol. The summed E-state index contributed by atoms with van der Waals surface area (Å²) >= 11 is 0. The number of furan rings is 1. The fourth-order valence-corrected chi connectivity index (χ4v) is 4.50. The minimum absolute atomic E-state index is 0.125. The highest BCUT2D eigenvalue weighted by Gasteiger charge is 2.30. The quantitative estimate of drug-likeness (QED) is 0.406. The molecular formula is C27H28N4O4. The standard InChI is InChI=1S/C27H28N4O4/c1-5-34-27(33)23-25(29-21-15-17(3)16(2)14-20(21)28-23)30-10-12-31(13-11-30)26(32)24-18(4)19-8-6-7-9-22(19)35-24/h6-9,14-15H,5,10-13H2,1-4H3. The van der Waals surface area contributed by atoms with Gasteiger partial charge in [0.2, 0.25) is 0 Å². The average Bonchev–Trinajstić information content (AvgIpc) is 3.20. The molecule has 1 aliphatic rings. The summed E-state index contributed by atoms with van der Waals surface area (Å²) < 4.78 is 11.2. The molecule has 1 amide bonds. The van der Waals surface area contributed by atoms with Crippen molar-refractivity contribution in [2.45, 2.75) is 27.7 Å². The molecule has 8 nitrogen and oxygen atoms in total. The third kappa shape index (κ3) is 4.09. The lowest BCUT2D eigenvalue weighted by Gasteiger charge is -2.35. The van der Waals surface area contributed by atoms with Gasteiger partial charge in [-0.2, -0.15) is 0 Å². The number of benzene rings is 2. The zero-order chi connectivity index (χ0) is 24.7. The lowest BCUT2D eigenvalue weighted by atomic mass is 10.1. The SMILES string of the molecule is CCOC(=O)c1nc2cc(C)c(C)cc2nc1N1CCN(C(=O)c2oc3ccccc3c2C)CC1. The van der Waals surface area contributed by atoms with Crippen LogP contribution in [0.1, 0.15) is 44.7 Å². The fraction of sp³-hybridized carbons (Fsp3) is 0.333. The van der Waals surface area contributed by atoms with Crippen molar-refractivity contribution in [2.75, 3.05) is 37.7 Å². The lowest BCUT2D eigenvalue weighted by Crippen LogP contribution is -2.49. The van der Waals surface area contributed by atoms with Crippen LogP contribution in [0.5, 0.6) is 0 Å². The average molecular weight is 473 g/mol. The van der Waals surface area contributed by atoms with Crippen molar-refractivity contribution >= 4 is 39.7 Å². The Morgan fingerprint density at radius 1 is 0.971 bits per heavy atom. The molecule has 5 rings (SSSR count). The van der Waals surface area contributed by atoms with E-state index in [1.54, 1.807) is 11.8 Å². The maximum atomic E-state index is 13.2. The highest BCUT2D eigenvalue weighted by atomic mass is 16.5. The molecule has 1 saturated heterocycles. The molecule has 0 radical (unpaired) electrons. The van der Waals surface area contributed by atoms with Gasteiger partial charge >= 0.3 is 5.97 Å². The second kappa shape index (κ2) is 9.02. The smallest absolute Gasteiger partial charge is 0.360 e. The minimum Gasteiger partial charge on any atom is -0.461 e. The molecule has 35 heavy (non-hydrogen) atoms. The number of aryl methyl sites for hydroxylation is 3. The predicted molar refractivity (Wildman–Crippen MR) is 134 cm³/mol. The molecule has 8 heteroatoms. The number of carbonyl (C=O) groups excluding carboxylic acids is 2. The number of amides is 1. The Bertz CT molecular complexity index is 1450. The number of hydrogen-bond donors (Lipinski definition) is 0. The van der Waals surface area contributed by atoms with Gasteiger partial charge in [-0.3, -0.25) is 4.79 Å². The molecule has 2 aromatic carbocycles. The molecule has 180 valence electrons. The number of para-hydroxylation sites is 1. The summed E-state index contributed by atoms with van der Waals surface area (Å²) in [5.41, 5.74) is 5.35. The maximum Gasteiger partial charge on any atom is 0.360 e. The molecule has 0 bridgehead atoms. The Labute approximate surface area is 203 Å². The van der Waals surface area contributed by atoms with E-state index in [9.17, 15) is 9.59 Å². The van der Waals surface area contributed by atoms with Crippen molar-refractivity contribution in [2.24, 2.45) is 0 Å². The number of rotatable bonds is 4. The van der Waals surface area contributed by atoms with Crippen molar-refractivity contribution in [3.63, 3.8) is 0 Å². The molecule has 0 atom stereocenters. The molecule has 3 heterocycles. The molecule has 0 aliphatic carbocycles. The number of piperazine rings is 1. The molecule has 4 aromatic rings. The fourth-order valence-electron chi connectivity index (χ4n) is 4.50. The Kier molecular flexibility index (Phi) is 5.88. The normalized spacial score (nSPS) is 14.1. The highest BCUT2D eigenvalue weighted by Crippen LogP contribution is 2.28. The Morgan fingerprint density at radius 3 is 2.29 bits per heavy atom. The van der Waals surface area contributed by atoms with Gasteiger partial charge < -0.3 is 19.0 Å². The van der Waals surface area contributed by atoms with Gasteiger partial charge in [-0.05, 0) is 57.0 Å². The molecule has 2 aromatic heterocycles. The molecule has 0 N–H and O–H groups in total. The van der Waals surface area contributed by atoms with Crippen LogP contribution in [0.25, 0.3) is 22.0 Å². The van der Waals surface area contributed by atoms with E-state index in [-0.39, 0.29) is 18.2 Å². The molecule has 1 fully saturated rings. The predicted octanol–water partition coefficient (Wildman–Crippen LogP) is 4.44. The first-order chi connectivity index (χ1) is 16.9. The zero-order valence-corrected chi connectivity index (χ0v) is 20.4. The highest BCUT2D eigenvalue weighted by molar-refractivity contribution is 5.99. The van der Waals surface area contributed by atoms with E-state index in [1.165, 1.54) is 0 Å². The van der Waals surface area contributed by atoms with Gasteiger partial charge in [-0.1, -0.05) is 18.2 Å². The number of aromatic nitrogens is 2. The van der Waals surface area contributed by atoms with Crippen LogP contribution in [0.2, 0.25) is 0 Å². The van der Waals surface area contributed by atoms with Crippen LogP contribution in [0.4, 0.5) is 5.82 Å². The Balaban J connectivity index is 1.42. The summed E-state index contributed by atoms with van der Waals surface area (Å²) in [4.78, 5) is 39.2. The number of fused-ring (bicyclic) bond motifs is 2. The number of carbonyl (C=O) groups is 2. The van der Waals surface area contributed by atoms with Crippen LogP contribution in [-0.4, -0.2) is 59.5 Å². The number of hydrogen-bond acceptors (Lipinski definition) is 7. The van der Waals surface area contributed by atoms with Gasteiger partial charge in [0.15, 0.2) is 17.3 Å². The summed E-state index contributed by atoms with van der Waals surface area (Å²) in [5, 5.41) is 0.950. The largest absolute Gasteiger partial charge is 0.461 e. The topological polar surface area (TPSA) is 88.8 Å². The van der Waals surface area contributed by atoms with Gasteiger partial charge in [-0.15, -0.1) is 0 Å². The zero-order valence-electron chi connectivity index (χ0n) is 20.4. The Hall–Kier alpha value is -3.94. The number of ether oxygens (including phenoxy) is 1. The van der Waals surface area contributed by atoms with Gasteiger partial charge in [0.25, 0.3) is 5.91 Å². The number of nitrogens with zero attached hydrogens (tertiary/aromatic N) is 4. The molecule has 0 unspecified atom stereocenters. The van der Waals surface area contributed by atoms with Gasteiger partial charge in [0.1, 0.15) is 5.58 Å². The number of esters is 1. The van der Waals surface area contributed by atoms with Crippen LogP contribution in [0.3, 0.4) is 0 Å². The second-order valence-electron chi connectivity index (χ2n) is 8.87. The molecule has 0 saturated carbocycles. The van der Waals surface area contributed by atoms with Crippen LogP contribution < -0.4 is 4.90 Å². The first kappa shape index (κ1) is 22.8. The van der Waals surface area contributed by atoms with Gasteiger partial charge in [0, 0.05) is 37.1 Å². The van der Waals surface area contributed by atoms with E-state index < -0.39 is 5.97 Å². The minimum atomic E-state index is -0.494. The number of anilines is 1. The van der Waals surface area contributed by atoms with E-state index in [2.05, 4.69) is 4.98 Å². The Morgan fingerprint density at radius 2 is 1.63 bits per heavy atom. The van der Waals surface area contributed by atoms with Crippen LogP contribution in [0.15, 0.2) is 40.8 Å². The van der Waals surface area contributed by atoms with Crippen molar-refractivity contribution < 1.29 is 18.7 Å². The van der Waals surface area contributed by atoms with Crippen molar-refractivity contribution in [1.82, 2.24) is 14.9 Å². The third-order valence-corrected chi connectivity index (χ3v) is 6.63. The maximum absolute atomic E-state index is 13.2. The van der Waals surface area contributed by atoms with E-state index >= 15 is 0 Å². The van der Waals surface area contributed by atoms with Crippen LogP contribution in [-0.2, 0) is 4.74 Å². The van der Waals surface area contributed by atoms with Gasteiger partial charge in [-0.25, -0.2) is 14.8 Å².